The smallest absolute Gasteiger partial charge is 0.253 e. The second-order valence-corrected chi connectivity index (χ2v) is 8.77. The molecular weight excluding hydrogens is 407 g/mol. The number of fused-ring (bicyclic) bond motifs is 1. The van der Waals surface area contributed by atoms with Crippen LogP contribution in [0.5, 0.6) is 0 Å². The highest BCUT2D eigenvalue weighted by Crippen LogP contribution is 2.38. The molecule has 0 radical (unpaired) electrons. The van der Waals surface area contributed by atoms with Crippen LogP contribution in [-0.4, -0.2) is 47.6 Å². The van der Waals surface area contributed by atoms with Gasteiger partial charge in [0.25, 0.3) is 5.91 Å². The summed E-state index contributed by atoms with van der Waals surface area (Å²) in [5.41, 5.74) is 0.887. The van der Waals surface area contributed by atoms with E-state index in [4.69, 9.17) is 0 Å². The Morgan fingerprint density at radius 2 is 1.91 bits per heavy atom. The number of piperidine rings is 2. The number of carbonyl (C=O) groups excluding carboxylic acids is 2. The van der Waals surface area contributed by atoms with Crippen LogP contribution in [0.2, 0.25) is 0 Å². The van der Waals surface area contributed by atoms with Crippen molar-refractivity contribution >= 4 is 22.6 Å². The molecule has 2 saturated heterocycles. The third-order valence-corrected chi connectivity index (χ3v) is 6.90. The maximum atomic E-state index is 14.4. The van der Waals surface area contributed by atoms with Gasteiger partial charge in [0.1, 0.15) is 5.82 Å². The quantitative estimate of drug-likeness (QED) is 0.648. The molecular formula is C26H25FN2O3. The standard InChI is InChI=1S/C26H25FN2O3/c27-22-8-2-1-6-21(22)20-7-3-5-17-15-18(9-10-19(17)20)24(31)29-14-11-23(30)26(16-29)12-4-13-28-25(26)32/h1-3,5-10,15,23,30H,4,11-14,16H2,(H,28,32)/t23-,26-/m1/s1. The van der Waals surface area contributed by atoms with Crippen LogP contribution in [0.15, 0.2) is 60.7 Å². The topological polar surface area (TPSA) is 69.6 Å². The van der Waals surface area contributed by atoms with E-state index in [9.17, 15) is 19.1 Å². The van der Waals surface area contributed by atoms with Gasteiger partial charge in [0.15, 0.2) is 0 Å². The first kappa shape index (κ1) is 20.6. The van der Waals surface area contributed by atoms with Crippen LogP contribution in [0.1, 0.15) is 29.6 Å². The van der Waals surface area contributed by atoms with Crippen molar-refractivity contribution in [1.82, 2.24) is 10.2 Å². The number of amides is 2. The van der Waals surface area contributed by atoms with Crippen LogP contribution in [0.3, 0.4) is 0 Å². The largest absolute Gasteiger partial charge is 0.392 e. The molecule has 2 heterocycles. The number of carbonyl (C=O) groups is 2. The zero-order chi connectivity index (χ0) is 22.3. The molecule has 32 heavy (non-hydrogen) atoms. The normalized spacial score (nSPS) is 23.4. The first-order valence-electron chi connectivity index (χ1n) is 11.0. The summed E-state index contributed by atoms with van der Waals surface area (Å²) >= 11 is 0. The third-order valence-electron chi connectivity index (χ3n) is 6.90. The Balaban J connectivity index is 1.47. The Morgan fingerprint density at radius 3 is 2.72 bits per heavy atom. The van der Waals surface area contributed by atoms with E-state index in [1.54, 1.807) is 29.2 Å². The van der Waals surface area contributed by atoms with E-state index in [-0.39, 0.29) is 24.2 Å². The minimum absolute atomic E-state index is 0.159. The van der Waals surface area contributed by atoms with Crippen molar-refractivity contribution in [1.29, 1.82) is 0 Å². The number of nitrogens with one attached hydrogen (secondary N) is 1. The molecule has 0 aliphatic carbocycles. The lowest BCUT2D eigenvalue weighted by molar-refractivity contribution is -0.147. The summed E-state index contributed by atoms with van der Waals surface area (Å²) in [7, 11) is 0. The number of hydrogen-bond acceptors (Lipinski definition) is 3. The summed E-state index contributed by atoms with van der Waals surface area (Å²) in [6, 6.07) is 17.7. The van der Waals surface area contributed by atoms with Crippen molar-refractivity contribution in [3.63, 3.8) is 0 Å². The molecule has 0 bridgehead atoms. The summed E-state index contributed by atoms with van der Waals surface area (Å²) in [6.07, 6.45) is 1.00. The number of aliphatic hydroxyl groups excluding tert-OH is 1. The Hall–Kier alpha value is -3.25. The van der Waals surface area contributed by atoms with E-state index < -0.39 is 11.5 Å². The van der Waals surface area contributed by atoms with Gasteiger partial charge in [0, 0.05) is 30.8 Å². The molecule has 3 aromatic carbocycles. The Labute approximate surface area is 185 Å². The molecule has 5 rings (SSSR count). The van der Waals surface area contributed by atoms with Gasteiger partial charge < -0.3 is 15.3 Å². The van der Waals surface area contributed by atoms with Crippen LogP contribution >= 0.6 is 0 Å². The van der Waals surface area contributed by atoms with Gasteiger partial charge in [-0.2, -0.15) is 0 Å². The lowest BCUT2D eigenvalue weighted by Crippen LogP contribution is -2.62. The van der Waals surface area contributed by atoms with Crippen LogP contribution < -0.4 is 5.32 Å². The Bertz CT molecular complexity index is 1210. The van der Waals surface area contributed by atoms with Crippen molar-refractivity contribution < 1.29 is 19.1 Å². The molecule has 2 aliphatic rings. The predicted molar refractivity (Wildman–Crippen MR) is 121 cm³/mol. The van der Waals surface area contributed by atoms with Crippen molar-refractivity contribution in [3.8, 4) is 11.1 Å². The van der Waals surface area contributed by atoms with Gasteiger partial charge in [-0.1, -0.05) is 42.5 Å². The molecule has 2 aliphatic heterocycles. The maximum Gasteiger partial charge on any atom is 0.253 e. The lowest BCUT2D eigenvalue weighted by Gasteiger charge is -2.46. The fourth-order valence-corrected chi connectivity index (χ4v) is 5.13. The summed E-state index contributed by atoms with van der Waals surface area (Å²) in [6.45, 7) is 1.23. The van der Waals surface area contributed by atoms with Gasteiger partial charge in [-0.3, -0.25) is 9.59 Å². The molecule has 6 heteroatoms. The van der Waals surface area contributed by atoms with Crippen molar-refractivity contribution in [2.24, 2.45) is 5.41 Å². The van der Waals surface area contributed by atoms with E-state index in [0.717, 1.165) is 22.8 Å². The summed E-state index contributed by atoms with van der Waals surface area (Å²) < 4.78 is 14.4. The predicted octanol–water partition coefficient (Wildman–Crippen LogP) is 3.75. The molecule has 0 saturated carbocycles. The zero-order valence-electron chi connectivity index (χ0n) is 17.7. The summed E-state index contributed by atoms with van der Waals surface area (Å²) in [5.74, 6) is -0.613. The van der Waals surface area contributed by atoms with Gasteiger partial charge in [0.05, 0.1) is 11.5 Å². The number of aliphatic hydroxyl groups is 1. The van der Waals surface area contributed by atoms with E-state index in [0.29, 0.717) is 37.1 Å². The molecule has 0 aromatic heterocycles. The van der Waals surface area contributed by atoms with Crippen LogP contribution in [0.4, 0.5) is 4.39 Å². The summed E-state index contributed by atoms with van der Waals surface area (Å²) in [4.78, 5) is 27.6. The zero-order valence-corrected chi connectivity index (χ0v) is 17.7. The van der Waals surface area contributed by atoms with Crippen molar-refractivity contribution in [2.75, 3.05) is 19.6 Å². The number of likely N-dealkylation sites (tertiary alicyclic amines) is 1. The molecule has 5 nitrogen and oxygen atoms in total. The minimum Gasteiger partial charge on any atom is -0.392 e. The van der Waals surface area contributed by atoms with Crippen molar-refractivity contribution in [2.45, 2.75) is 25.4 Å². The highest BCUT2D eigenvalue weighted by atomic mass is 19.1. The maximum absolute atomic E-state index is 14.4. The molecule has 1 spiro atoms. The molecule has 2 N–H and O–H groups in total. The molecule has 2 fully saturated rings. The Kier molecular flexibility index (Phi) is 5.18. The number of hydrogen-bond donors (Lipinski definition) is 2. The first-order valence-corrected chi connectivity index (χ1v) is 11.0. The average Bonchev–Trinajstić information content (AvgIpc) is 2.82. The van der Waals surface area contributed by atoms with Crippen LogP contribution in [0.25, 0.3) is 21.9 Å². The minimum atomic E-state index is -0.930. The first-order chi connectivity index (χ1) is 15.5. The van der Waals surface area contributed by atoms with E-state index >= 15 is 0 Å². The van der Waals surface area contributed by atoms with E-state index in [2.05, 4.69) is 5.32 Å². The number of halogens is 1. The summed E-state index contributed by atoms with van der Waals surface area (Å²) in [5, 5.41) is 15.2. The van der Waals surface area contributed by atoms with Crippen molar-refractivity contribution in [3.05, 3.63) is 72.0 Å². The highest BCUT2D eigenvalue weighted by Gasteiger charge is 2.50. The highest BCUT2D eigenvalue weighted by molar-refractivity contribution is 6.03. The molecule has 0 unspecified atom stereocenters. The van der Waals surface area contributed by atoms with E-state index in [1.165, 1.54) is 6.07 Å². The second kappa shape index (κ2) is 8.02. The fourth-order valence-electron chi connectivity index (χ4n) is 5.13. The molecule has 3 aromatic rings. The van der Waals surface area contributed by atoms with Gasteiger partial charge in [-0.25, -0.2) is 4.39 Å². The van der Waals surface area contributed by atoms with E-state index in [1.807, 2.05) is 30.3 Å². The number of benzene rings is 3. The average molecular weight is 432 g/mol. The number of nitrogens with zero attached hydrogens (tertiary/aromatic N) is 1. The van der Waals surface area contributed by atoms with Crippen LogP contribution in [-0.2, 0) is 4.79 Å². The van der Waals surface area contributed by atoms with Gasteiger partial charge in [-0.05, 0) is 53.8 Å². The lowest BCUT2D eigenvalue weighted by atomic mass is 9.71. The van der Waals surface area contributed by atoms with Gasteiger partial charge in [0.2, 0.25) is 5.91 Å². The monoisotopic (exact) mass is 432 g/mol. The second-order valence-electron chi connectivity index (χ2n) is 8.77. The van der Waals surface area contributed by atoms with Gasteiger partial charge >= 0.3 is 0 Å². The van der Waals surface area contributed by atoms with Crippen LogP contribution in [0, 0.1) is 11.2 Å². The molecule has 2 amide bonds. The third kappa shape index (κ3) is 3.35. The number of rotatable bonds is 2. The Morgan fingerprint density at radius 1 is 1.09 bits per heavy atom. The fraction of sp³-hybridized carbons (Fsp3) is 0.308. The van der Waals surface area contributed by atoms with Gasteiger partial charge in [-0.15, -0.1) is 0 Å². The SMILES string of the molecule is O=C(c1ccc2c(-c3ccccc3F)cccc2c1)N1CC[C@@H](O)[C@@]2(CCCNC2=O)C1. The molecule has 2 atom stereocenters. The molecule has 164 valence electrons.